The molecule has 1 heteroatoms. The van der Waals surface area contributed by atoms with Crippen LogP contribution in [-0.4, -0.2) is 5.38 Å². The fraction of sp³-hybridized carbons (Fsp3) is 0.571. The summed E-state index contributed by atoms with van der Waals surface area (Å²) in [4.78, 5) is 0. The van der Waals surface area contributed by atoms with Crippen LogP contribution in [0, 0.1) is 5.92 Å². The van der Waals surface area contributed by atoms with Crippen molar-refractivity contribution >= 4 is 11.6 Å². The summed E-state index contributed by atoms with van der Waals surface area (Å²) in [5, 5.41) is 0.459. The minimum absolute atomic E-state index is 0.459. The molecule has 1 aliphatic rings. The zero-order valence-corrected chi connectivity index (χ0v) is 9.92. The second kappa shape index (κ2) is 5.55. The van der Waals surface area contributed by atoms with Gasteiger partial charge >= 0.3 is 0 Å². The van der Waals surface area contributed by atoms with Crippen LogP contribution in [0.25, 0.3) is 0 Å². The molecule has 0 radical (unpaired) electrons. The molecule has 2 atom stereocenters. The van der Waals surface area contributed by atoms with Crippen LogP contribution in [0.3, 0.4) is 0 Å². The second-order valence-corrected chi connectivity index (χ2v) is 5.15. The van der Waals surface area contributed by atoms with Crippen molar-refractivity contribution in [3.8, 4) is 0 Å². The maximum Gasteiger partial charge on any atom is 0.0364 e. The molecule has 0 nitrogen and oxygen atoms in total. The van der Waals surface area contributed by atoms with E-state index in [-0.39, 0.29) is 0 Å². The summed E-state index contributed by atoms with van der Waals surface area (Å²) < 4.78 is 0. The molecule has 0 aromatic heterocycles. The number of halogens is 1. The molecule has 82 valence electrons. The van der Waals surface area contributed by atoms with E-state index in [4.69, 9.17) is 11.6 Å². The van der Waals surface area contributed by atoms with E-state index in [0.29, 0.717) is 5.38 Å². The smallest absolute Gasteiger partial charge is 0.0364 e. The fourth-order valence-electron chi connectivity index (χ4n) is 2.53. The first-order valence-corrected chi connectivity index (χ1v) is 6.48. The summed E-state index contributed by atoms with van der Waals surface area (Å²) in [5.41, 5.74) is 1.46. The molecular weight excluding hydrogens is 204 g/mol. The minimum Gasteiger partial charge on any atom is -0.123 e. The Balaban J connectivity index is 1.71. The van der Waals surface area contributed by atoms with Crippen LogP contribution in [0.2, 0.25) is 0 Å². The topological polar surface area (TPSA) is 0 Å². The molecule has 1 aromatic rings. The first kappa shape index (κ1) is 11.0. The van der Waals surface area contributed by atoms with Crippen molar-refractivity contribution in [2.24, 2.45) is 5.92 Å². The molecule has 1 saturated carbocycles. The monoisotopic (exact) mass is 222 g/mol. The maximum atomic E-state index is 6.26. The lowest BCUT2D eigenvalue weighted by Crippen LogP contribution is -2.06. The lowest BCUT2D eigenvalue weighted by molar-refractivity contribution is 0.489. The molecule has 0 N–H and O–H groups in total. The third-order valence-corrected chi connectivity index (χ3v) is 4.02. The standard InChI is InChI=1S/C14H19Cl/c15-14-11-5-10-13(14)9-4-8-12-6-2-1-3-7-12/h1-3,6-7,13-14H,4-5,8-11H2. The van der Waals surface area contributed by atoms with Crippen LogP contribution < -0.4 is 0 Å². The normalized spacial score (nSPS) is 25.7. The van der Waals surface area contributed by atoms with Crippen LogP contribution in [0.5, 0.6) is 0 Å². The van der Waals surface area contributed by atoms with E-state index in [1.807, 2.05) is 0 Å². The van der Waals surface area contributed by atoms with Crippen LogP contribution in [0.15, 0.2) is 30.3 Å². The molecular formula is C14H19Cl. The summed E-state index contributed by atoms with van der Waals surface area (Å²) in [6.45, 7) is 0. The van der Waals surface area contributed by atoms with Crippen molar-refractivity contribution in [2.45, 2.75) is 43.9 Å². The van der Waals surface area contributed by atoms with E-state index in [1.54, 1.807) is 0 Å². The average molecular weight is 223 g/mol. The third kappa shape index (κ3) is 3.24. The zero-order valence-electron chi connectivity index (χ0n) is 9.16. The number of benzene rings is 1. The number of hydrogen-bond acceptors (Lipinski definition) is 0. The Bertz CT molecular complexity index is 281. The van der Waals surface area contributed by atoms with Gasteiger partial charge in [-0.3, -0.25) is 0 Å². The van der Waals surface area contributed by atoms with Gasteiger partial charge in [0, 0.05) is 5.38 Å². The predicted octanol–water partition coefficient (Wildman–Crippen LogP) is 4.42. The molecule has 1 aromatic carbocycles. The maximum absolute atomic E-state index is 6.26. The van der Waals surface area contributed by atoms with Gasteiger partial charge < -0.3 is 0 Å². The zero-order chi connectivity index (χ0) is 10.5. The van der Waals surface area contributed by atoms with Gasteiger partial charge in [0.2, 0.25) is 0 Å². The molecule has 1 aliphatic carbocycles. The molecule has 0 aliphatic heterocycles. The minimum atomic E-state index is 0.459. The lowest BCUT2D eigenvalue weighted by atomic mass is 9.98. The van der Waals surface area contributed by atoms with E-state index >= 15 is 0 Å². The number of alkyl halides is 1. The van der Waals surface area contributed by atoms with Gasteiger partial charge in [-0.1, -0.05) is 36.8 Å². The SMILES string of the molecule is ClC1CCCC1CCCc1ccccc1. The highest BCUT2D eigenvalue weighted by Gasteiger charge is 2.24. The quantitative estimate of drug-likeness (QED) is 0.662. The number of rotatable bonds is 4. The lowest BCUT2D eigenvalue weighted by Gasteiger charge is -2.12. The summed E-state index contributed by atoms with van der Waals surface area (Å²) in [6.07, 6.45) is 7.73. The van der Waals surface area contributed by atoms with E-state index in [2.05, 4.69) is 30.3 Å². The van der Waals surface area contributed by atoms with Crippen molar-refractivity contribution in [3.05, 3.63) is 35.9 Å². The van der Waals surface area contributed by atoms with Gasteiger partial charge in [-0.15, -0.1) is 11.6 Å². The van der Waals surface area contributed by atoms with E-state index in [1.165, 1.54) is 44.1 Å². The van der Waals surface area contributed by atoms with Crippen molar-refractivity contribution < 1.29 is 0 Å². The molecule has 1 fully saturated rings. The van der Waals surface area contributed by atoms with Gasteiger partial charge in [-0.2, -0.15) is 0 Å². The molecule has 0 bridgehead atoms. The summed E-state index contributed by atoms with van der Waals surface area (Å²) in [6, 6.07) is 10.7. The molecule has 0 spiro atoms. The Kier molecular flexibility index (Phi) is 4.08. The van der Waals surface area contributed by atoms with Gasteiger partial charge in [0.15, 0.2) is 0 Å². The summed E-state index contributed by atoms with van der Waals surface area (Å²) >= 11 is 6.26. The highest BCUT2D eigenvalue weighted by Crippen LogP contribution is 2.33. The van der Waals surface area contributed by atoms with Crippen molar-refractivity contribution in [1.29, 1.82) is 0 Å². The Hall–Kier alpha value is -0.490. The van der Waals surface area contributed by atoms with E-state index in [9.17, 15) is 0 Å². The fourth-order valence-corrected chi connectivity index (χ4v) is 2.94. The van der Waals surface area contributed by atoms with Gasteiger partial charge in [0.1, 0.15) is 0 Å². The average Bonchev–Trinajstić information content (AvgIpc) is 2.66. The number of aryl methyl sites for hydroxylation is 1. The predicted molar refractivity (Wildman–Crippen MR) is 66.4 cm³/mol. The van der Waals surface area contributed by atoms with Crippen LogP contribution >= 0.6 is 11.6 Å². The largest absolute Gasteiger partial charge is 0.123 e. The highest BCUT2D eigenvalue weighted by molar-refractivity contribution is 6.20. The Morgan fingerprint density at radius 3 is 2.60 bits per heavy atom. The van der Waals surface area contributed by atoms with Crippen LogP contribution in [0.1, 0.15) is 37.7 Å². The molecule has 0 saturated heterocycles. The van der Waals surface area contributed by atoms with Gasteiger partial charge in [0.05, 0.1) is 0 Å². The first-order valence-electron chi connectivity index (χ1n) is 6.04. The molecule has 0 heterocycles. The highest BCUT2D eigenvalue weighted by atomic mass is 35.5. The first-order chi connectivity index (χ1) is 7.36. The van der Waals surface area contributed by atoms with Crippen molar-refractivity contribution in [2.75, 3.05) is 0 Å². The summed E-state index contributed by atoms with van der Waals surface area (Å²) in [5.74, 6) is 0.787. The Labute approximate surface area is 97.6 Å². The number of hydrogen-bond donors (Lipinski definition) is 0. The van der Waals surface area contributed by atoms with E-state index in [0.717, 1.165) is 5.92 Å². The van der Waals surface area contributed by atoms with Crippen LogP contribution in [0.4, 0.5) is 0 Å². The van der Waals surface area contributed by atoms with Crippen LogP contribution in [-0.2, 0) is 6.42 Å². The van der Waals surface area contributed by atoms with Gasteiger partial charge in [-0.05, 0) is 43.6 Å². The molecule has 15 heavy (non-hydrogen) atoms. The molecule has 0 amide bonds. The van der Waals surface area contributed by atoms with Crippen molar-refractivity contribution in [3.63, 3.8) is 0 Å². The van der Waals surface area contributed by atoms with Crippen molar-refractivity contribution in [1.82, 2.24) is 0 Å². The summed E-state index contributed by atoms with van der Waals surface area (Å²) in [7, 11) is 0. The second-order valence-electron chi connectivity index (χ2n) is 4.58. The van der Waals surface area contributed by atoms with E-state index < -0.39 is 0 Å². The van der Waals surface area contributed by atoms with Gasteiger partial charge in [-0.25, -0.2) is 0 Å². The third-order valence-electron chi connectivity index (χ3n) is 3.45. The van der Waals surface area contributed by atoms with Gasteiger partial charge in [0.25, 0.3) is 0 Å². The molecule has 2 rings (SSSR count). The Morgan fingerprint density at radius 2 is 1.93 bits per heavy atom. The molecule has 2 unspecified atom stereocenters. The Morgan fingerprint density at radius 1 is 1.13 bits per heavy atom.